The first kappa shape index (κ1) is 30.1. The molecule has 1 aliphatic heterocycles. The molecule has 0 spiro atoms. The molecule has 0 radical (unpaired) electrons. The van der Waals surface area contributed by atoms with Gasteiger partial charge in [-0.05, 0) is 41.4 Å². The number of rotatable bonds is 6. The maximum absolute atomic E-state index is 14.1. The molecule has 2 aromatic carbocycles. The molecule has 1 saturated heterocycles. The van der Waals surface area contributed by atoms with E-state index in [9.17, 15) is 9.59 Å². The summed E-state index contributed by atoms with van der Waals surface area (Å²) < 4.78 is 5.90. The molecule has 0 aromatic heterocycles. The summed E-state index contributed by atoms with van der Waals surface area (Å²) in [6.45, 7) is 16.8. The summed E-state index contributed by atoms with van der Waals surface area (Å²) in [4.78, 5) is 32.5. The summed E-state index contributed by atoms with van der Waals surface area (Å²) in [5, 5.41) is 3.31. The average Bonchev–Trinajstić information content (AvgIpc) is 2.92. The van der Waals surface area contributed by atoms with Crippen LogP contribution < -0.4 is 10.1 Å². The Morgan fingerprint density at radius 1 is 0.850 bits per heavy atom. The van der Waals surface area contributed by atoms with Crippen LogP contribution in [0.1, 0.15) is 101 Å². The standard InChI is InChI=1S/C34H49N3O3/c1-32(2,3)27-22-26(23-28(29(27)40-7)33(4,5)6)30(38)35-34(16-12-9-13-17-34)31(39)37-20-18-36(19-21-37)24-25-14-10-8-11-15-25/h8,10-11,14-15,22-23H,9,12-13,16-21,24H2,1-7H3,(H,35,38). The normalized spacial score (nSPS) is 18.3. The Morgan fingerprint density at radius 2 is 1.40 bits per heavy atom. The Bertz CT molecular complexity index is 1140. The predicted molar refractivity (Wildman–Crippen MR) is 162 cm³/mol. The van der Waals surface area contributed by atoms with Crippen molar-refractivity contribution in [1.82, 2.24) is 15.1 Å². The van der Waals surface area contributed by atoms with Crippen molar-refractivity contribution in [2.75, 3.05) is 33.3 Å². The van der Waals surface area contributed by atoms with Crippen LogP contribution in [0.2, 0.25) is 0 Å². The Kier molecular flexibility index (Phi) is 8.99. The lowest BCUT2D eigenvalue weighted by molar-refractivity contribution is -0.141. The van der Waals surface area contributed by atoms with Crippen LogP contribution in [0.3, 0.4) is 0 Å². The molecule has 6 nitrogen and oxygen atoms in total. The van der Waals surface area contributed by atoms with Gasteiger partial charge in [0.15, 0.2) is 0 Å². The summed E-state index contributed by atoms with van der Waals surface area (Å²) in [6, 6.07) is 14.4. The van der Waals surface area contributed by atoms with Crippen molar-refractivity contribution in [1.29, 1.82) is 0 Å². The zero-order valence-electron chi connectivity index (χ0n) is 25.7. The summed E-state index contributed by atoms with van der Waals surface area (Å²) >= 11 is 0. The highest BCUT2D eigenvalue weighted by Crippen LogP contribution is 2.41. The smallest absolute Gasteiger partial charge is 0.252 e. The van der Waals surface area contributed by atoms with Gasteiger partial charge in [0.25, 0.3) is 5.91 Å². The summed E-state index contributed by atoms with van der Waals surface area (Å²) in [7, 11) is 1.70. The molecule has 40 heavy (non-hydrogen) atoms. The number of benzene rings is 2. The zero-order valence-corrected chi connectivity index (χ0v) is 25.7. The first-order chi connectivity index (χ1) is 18.8. The van der Waals surface area contributed by atoms with Crippen molar-refractivity contribution in [3.63, 3.8) is 0 Å². The minimum atomic E-state index is -0.847. The molecule has 1 saturated carbocycles. The Labute approximate surface area is 241 Å². The van der Waals surface area contributed by atoms with Crippen molar-refractivity contribution in [2.45, 2.75) is 96.6 Å². The molecule has 1 aliphatic carbocycles. The second-order valence-corrected chi connectivity index (χ2v) is 13.8. The van der Waals surface area contributed by atoms with E-state index in [1.807, 2.05) is 23.1 Å². The topological polar surface area (TPSA) is 61.9 Å². The fraction of sp³-hybridized carbons (Fsp3) is 0.588. The average molecular weight is 548 g/mol. The van der Waals surface area contributed by atoms with E-state index in [4.69, 9.17) is 4.74 Å². The van der Waals surface area contributed by atoms with E-state index in [-0.39, 0.29) is 22.6 Å². The van der Waals surface area contributed by atoms with Gasteiger partial charge in [0, 0.05) is 49.4 Å². The monoisotopic (exact) mass is 547 g/mol. The van der Waals surface area contributed by atoms with E-state index >= 15 is 0 Å². The van der Waals surface area contributed by atoms with Gasteiger partial charge in [-0.1, -0.05) is 91.1 Å². The maximum Gasteiger partial charge on any atom is 0.252 e. The number of nitrogens with one attached hydrogen (secondary N) is 1. The number of amides is 2. The van der Waals surface area contributed by atoms with Crippen LogP contribution in [0.15, 0.2) is 42.5 Å². The first-order valence-corrected chi connectivity index (χ1v) is 15.0. The van der Waals surface area contributed by atoms with Gasteiger partial charge in [0.05, 0.1) is 7.11 Å². The third-order valence-electron chi connectivity index (χ3n) is 8.55. The molecule has 2 aliphatic rings. The number of methoxy groups -OCH3 is 1. The van der Waals surface area contributed by atoms with Gasteiger partial charge in [-0.3, -0.25) is 14.5 Å². The molecule has 2 aromatic rings. The van der Waals surface area contributed by atoms with Crippen LogP contribution in [0, 0.1) is 0 Å². The van der Waals surface area contributed by atoms with E-state index in [0.29, 0.717) is 31.5 Å². The van der Waals surface area contributed by atoms with Crippen molar-refractivity contribution in [3.8, 4) is 5.75 Å². The zero-order chi connectivity index (χ0) is 29.1. The lowest BCUT2D eigenvalue weighted by atomic mass is 9.77. The third kappa shape index (κ3) is 6.71. The Morgan fingerprint density at radius 3 is 1.90 bits per heavy atom. The van der Waals surface area contributed by atoms with E-state index in [1.165, 1.54) is 5.56 Å². The van der Waals surface area contributed by atoms with Gasteiger partial charge in [-0.2, -0.15) is 0 Å². The van der Waals surface area contributed by atoms with Crippen LogP contribution in [0.5, 0.6) is 5.75 Å². The van der Waals surface area contributed by atoms with Crippen LogP contribution >= 0.6 is 0 Å². The van der Waals surface area contributed by atoms with Crippen LogP contribution in [0.4, 0.5) is 0 Å². The minimum absolute atomic E-state index is 0.0838. The molecule has 0 atom stereocenters. The number of piperazine rings is 1. The molecule has 0 bridgehead atoms. The molecule has 1 heterocycles. The summed E-state index contributed by atoms with van der Waals surface area (Å²) in [5.74, 6) is 0.755. The fourth-order valence-corrected chi connectivity index (χ4v) is 6.18. The lowest BCUT2D eigenvalue weighted by Crippen LogP contribution is -2.63. The quantitative estimate of drug-likeness (QED) is 0.477. The molecule has 0 unspecified atom stereocenters. The number of carbonyl (C=O) groups is 2. The molecular formula is C34H49N3O3. The van der Waals surface area contributed by atoms with Crippen LogP contribution in [0.25, 0.3) is 0 Å². The second-order valence-electron chi connectivity index (χ2n) is 13.8. The molecule has 4 rings (SSSR count). The van der Waals surface area contributed by atoms with Crippen molar-refractivity contribution in [3.05, 3.63) is 64.7 Å². The van der Waals surface area contributed by atoms with Gasteiger partial charge in [-0.15, -0.1) is 0 Å². The predicted octanol–water partition coefficient (Wildman–Crippen LogP) is 6.07. The van der Waals surface area contributed by atoms with Gasteiger partial charge in [0.2, 0.25) is 5.91 Å². The van der Waals surface area contributed by atoms with Gasteiger partial charge >= 0.3 is 0 Å². The van der Waals surface area contributed by atoms with Crippen LogP contribution in [-0.2, 0) is 22.2 Å². The fourth-order valence-electron chi connectivity index (χ4n) is 6.18. The van der Waals surface area contributed by atoms with Crippen LogP contribution in [-0.4, -0.2) is 60.4 Å². The maximum atomic E-state index is 14.1. The summed E-state index contributed by atoms with van der Waals surface area (Å²) in [5.41, 5.74) is 2.64. The van der Waals surface area contributed by atoms with Gasteiger partial charge in [0.1, 0.15) is 11.3 Å². The lowest BCUT2D eigenvalue weighted by Gasteiger charge is -2.43. The molecule has 1 N–H and O–H groups in total. The Hall–Kier alpha value is -2.86. The van der Waals surface area contributed by atoms with Crippen molar-refractivity contribution < 1.29 is 14.3 Å². The van der Waals surface area contributed by atoms with Gasteiger partial charge in [-0.25, -0.2) is 0 Å². The van der Waals surface area contributed by atoms with Crippen molar-refractivity contribution in [2.24, 2.45) is 0 Å². The molecule has 218 valence electrons. The minimum Gasteiger partial charge on any atom is -0.496 e. The molecule has 2 amide bonds. The summed E-state index contributed by atoms with van der Waals surface area (Å²) in [6.07, 6.45) is 4.37. The first-order valence-electron chi connectivity index (χ1n) is 15.0. The number of nitrogens with zero attached hydrogens (tertiary/aromatic N) is 2. The van der Waals surface area contributed by atoms with E-state index in [0.717, 1.165) is 55.8 Å². The number of hydrogen-bond acceptors (Lipinski definition) is 4. The van der Waals surface area contributed by atoms with E-state index in [1.54, 1.807) is 7.11 Å². The highest BCUT2D eigenvalue weighted by molar-refractivity contribution is 6.00. The number of ether oxygens (including phenoxy) is 1. The molecule has 2 fully saturated rings. The number of hydrogen-bond donors (Lipinski definition) is 1. The highest BCUT2D eigenvalue weighted by Gasteiger charge is 2.44. The van der Waals surface area contributed by atoms with E-state index in [2.05, 4.69) is 76.0 Å². The second kappa shape index (κ2) is 11.9. The van der Waals surface area contributed by atoms with Crippen molar-refractivity contribution >= 4 is 11.8 Å². The molecular weight excluding hydrogens is 498 g/mol. The largest absolute Gasteiger partial charge is 0.496 e. The number of carbonyl (C=O) groups excluding carboxylic acids is 2. The molecule has 6 heteroatoms. The van der Waals surface area contributed by atoms with E-state index < -0.39 is 5.54 Å². The SMILES string of the molecule is COc1c(C(C)(C)C)cc(C(=O)NC2(C(=O)N3CCN(Cc4ccccc4)CC3)CCCCC2)cc1C(C)(C)C. The Balaban J connectivity index is 1.56. The third-order valence-corrected chi connectivity index (χ3v) is 8.55. The highest BCUT2D eigenvalue weighted by atomic mass is 16.5. The van der Waals surface area contributed by atoms with Gasteiger partial charge < -0.3 is 15.0 Å².